The monoisotopic (exact) mass is 262 g/mol. The predicted octanol–water partition coefficient (Wildman–Crippen LogP) is 3.34. The fraction of sp³-hybridized carbons (Fsp3) is 0.533. The molecular formula is C15H22N2S. The Morgan fingerprint density at radius 2 is 2.11 bits per heavy atom. The Kier molecular flexibility index (Phi) is 5.12. The van der Waals surface area contributed by atoms with Gasteiger partial charge < -0.3 is 5.32 Å². The van der Waals surface area contributed by atoms with Crippen LogP contribution in [0.5, 0.6) is 0 Å². The highest BCUT2D eigenvalue weighted by molar-refractivity contribution is 8.14. The lowest BCUT2D eigenvalue weighted by Crippen LogP contribution is -2.31. The van der Waals surface area contributed by atoms with Gasteiger partial charge in [0.15, 0.2) is 5.17 Å². The minimum Gasteiger partial charge on any atom is -0.361 e. The van der Waals surface area contributed by atoms with Crippen LogP contribution in [0.25, 0.3) is 0 Å². The average Bonchev–Trinajstić information content (AvgIpc) is 2.85. The second kappa shape index (κ2) is 6.83. The summed E-state index contributed by atoms with van der Waals surface area (Å²) in [7, 11) is 0. The van der Waals surface area contributed by atoms with Crippen LogP contribution < -0.4 is 5.32 Å². The Labute approximate surface area is 114 Å². The molecule has 0 saturated carbocycles. The van der Waals surface area contributed by atoms with E-state index in [1.807, 2.05) is 11.8 Å². The van der Waals surface area contributed by atoms with Gasteiger partial charge in [0.2, 0.25) is 0 Å². The van der Waals surface area contributed by atoms with E-state index in [1.54, 1.807) is 0 Å². The average molecular weight is 262 g/mol. The highest BCUT2D eigenvalue weighted by Crippen LogP contribution is 2.19. The normalized spacial score (nSPS) is 21.5. The summed E-state index contributed by atoms with van der Waals surface area (Å²) >= 11 is 1.86. The van der Waals surface area contributed by atoms with E-state index in [-0.39, 0.29) is 0 Å². The number of hydrogen-bond donors (Lipinski definition) is 1. The van der Waals surface area contributed by atoms with Gasteiger partial charge in [-0.25, -0.2) is 0 Å². The molecule has 1 N–H and O–H groups in total. The van der Waals surface area contributed by atoms with E-state index in [2.05, 4.69) is 54.5 Å². The Hall–Kier alpha value is -0.960. The van der Waals surface area contributed by atoms with Crippen molar-refractivity contribution in [3.8, 4) is 0 Å². The molecule has 1 saturated heterocycles. The molecule has 0 unspecified atom stereocenters. The molecule has 1 aromatic rings. The molecule has 2 rings (SSSR count). The maximum atomic E-state index is 4.64. The number of nitrogens with one attached hydrogen (secondary N) is 1. The van der Waals surface area contributed by atoms with Crippen LogP contribution in [0.1, 0.15) is 25.8 Å². The molecule has 0 bridgehead atoms. The lowest BCUT2D eigenvalue weighted by molar-refractivity contribution is 0.503. The molecule has 0 aromatic heterocycles. The van der Waals surface area contributed by atoms with E-state index in [0.717, 1.165) is 30.3 Å². The van der Waals surface area contributed by atoms with E-state index in [0.29, 0.717) is 12.0 Å². The number of aryl methyl sites for hydroxylation is 1. The molecule has 3 heteroatoms. The van der Waals surface area contributed by atoms with Crippen molar-refractivity contribution in [3.63, 3.8) is 0 Å². The summed E-state index contributed by atoms with van der Waals surface area (Å²) in [6.45, 7) is 5.45. The highest BCUT2D eigenvalue weighted by atomic mass is 32.2. The van der Waals surface area contributed by atoms with Gasteiger partial charge in [-0.1, -0.05) is 55.9 Å². The second-order valence-electron chi connectivity index (χ2n) is 5.08. The van der Waals surface area contributed by atoms with Crippen LogP contribution >= 0.6 is 11.8 Å². The molecule has 0 amide bonds. The van der Waals surface area contributed by atoms with Crippen molar-refractivity contribution < 1.29 is 0 Å². The summed E-state index contributed by atoms with van der Waals surface area (Å²) in [5.41, 5.74) is 1.41. The summed E-state index contributed by atoms with van der Waals surface area (Å²) in [4.78, 5) is 4.64. The quantitative estimate of drug-likeness (QED) is 0.823. The minimum absolute atomic E-state index is 0.600. The second-order valence-corrected chi connectivity index (χ2v) is 6.09. The number of hydrogen-bond acceptors (Lipinski definition) is 2. The molecule has 1 atom stereocenters. The first-order valence-corrected chi connectivity index (χ1v) is 7.72. The molecule has 2 nitrogen and oxygen atoms in total. The van der Waals surface area contributed by atoms with Crippen LogP contribution in [-0.2, 0) is 6.42 Å². The fourth-order valence-electron chi connectivity index (χ4n) is 1.97. The first-order valence-electron chi connectivity index (χ1n) is 6.73. The summed E-state index contributed by atoms with van der Waals surface area (Å²) in [6, 6.07) is 11.2. The maximum absolute atomic E-state index is 4.64. The molecule has 1 aliphatic heterocycles. The van der Waals surface area contributed by atoms with Crippen molar-refractivity contribution in [2.75, 3.05) is 12.3 Å². The molecule has 18 heavy (non-hydrogen) atoms. The zero-order valence-electron chi connectivity index (χ0n) is 11.2. The molecule has 98 valence electrons. The molecule has 1 fully saturated rings. The SMILES string of the molecule is CC(C)[C@H]1CSC(=NCCCc2ccccc2)N1. The Morgan fingerprint density at radius 3 is 2.78 bits per heavy atom. The highest BCUT2D eigenvalue weighted by Gasteiger charge is 2.22. The van der Waals surface area contributed by atoms with Gasteiger partial charge in [0.05, 0.1) is 0 Å². The van der Waals surface area contributed by atoms with Crippen LogP contribution in [-0.4, -0.2) is 23.5 Å². The summed E-state index contributed by atoms with van der Waals surface area (Å²) in [6.07, 6.45) is 2.25. The molecule has 1 heterocycles. The van der Waals surface area contributed by atoms with Crippen LogP contribution in [0.2, 0.25) is 0 Å². The maximum Gasteiger partial charge on any atom is 0.156 e. The van der Waals surface area contributed by atoms with Gasteiger partial charge in [0.25, 0.3) is 0 Å². The Bertz CT molecular complexity index is 387. The van der Waals surface area contributed by atoms with E-state index in [4.69, 9.17) is 0 Å². The van der Waals surface area contributed by atoms with Crippen molar-refractivity contribution in [1.29, 1.82) is 0 Å². The van der Waals surface area contributed by atoms with Crippen molar-refractivity contribution in [1.82, 2.24) is 5.32 Å². The number of benzene rings is 1. The van der Waals surface area contributed by atoms with Crippen molar-refractivity contribution >= 4 is 16.9 Å². The van der Waals surface area contributed by atoms with Gasteiger partial charge in [-0.15, -0.1) is 0 Å². The summed E-state index contributed by atoms with van der Waals surface area (Å²) < 4.78 is 0. The topological polar surface area (TPSA) is 24.4 Å². The zero-order valence-corrected chi connectivity index (χ0v) is 12.0. The lowest BCUT2D eigenvalue weighted by Gasteiger charge is -2.13. The predicted molar refractivity (Wildman–Crippen MR) is 81.3 cm³/mol. The van der Waals surface area contributed by atoms with Gasteiger partial charge in [0, 0.05) is 18.3 Å². The minimum atomic E-state index is 0.600. The molecule has 0 aliphatic carbocycles. The van der Waals surface area contributed by atoms with Crippen molar-refractivity contribution in [2.45, 2.75) is 32.7 Å². The third kappa shape index (κ3) is 4.05. The molecule has 1 aromatic carbocycles. The third-order valence-electron chi connectivity index (χ3n) is 3.24. The molecule has 1 aliphatic rings. The van der Waals surface area contributed by atoms with E-state index < -0.39 is 0 Å². The first kappa shape index (κ1) is 13.5. The Morgan fingerprint density at radius 1 is 1.33 bits per heavy atom. The standard InChI is InChI=1S/C15H22N2S/c1-12(2)14-11-18-15(17-14)16-10-6-9-13-7-4-3-5-8-13/h3-5,7-8,12,14H,6,9-11H2,1-2H3,(H,16,17)/t14-/m1/s1. The lowest BCUT2D eigenvalue weighted by atomic mass is 10.1. The summed E-state index contributed by atoms with van der Waals surface area (Å²) in [5.74, 6) is 1.85. The van der Waals surface area contributed by atoms with Crippen LogP contribution in [0.3, 0.4) is 0 Å². The van der Waals surface area contributed by atoms with E-state index >= 15 is 0 Å². The number of thioether (sulfide) groups is 1. The van der Waals surface area contributed by atoms with Gasteiger partial charge in [-0.2, -0.15) is 0 Å². The summed E-state index contributed by atoms with van der Waals surface area (Å²) in [5, 5.41) is 4.64. The molecular weight excluding hydrogens is 240 g/mol. The number of aliphatic imine (C=N–C) groups is 1. The third-order valence-corrected chi connectivity index (χ3v) is 4.28. The molecule has 0 radical (unpaired) electrons. The van der Waals surface area contributed by atoms with Gasteiger partial charge in [0.1, 0.15) is 0 Å². The van der Waals surface area contributed by atoms with Crippen molar-refractivity contribution in [3.05, 3.63) is 35.9 Å². The van der Waals surface area contributed by atoms with Crippen molar-refractivity contribution in [2.24, 2.45) is 10.9 Å². The Balaban J connectivity index is 1.69. The van der Waals surface area contributed by atoms with Gasteiger partial charge in [-0.3, -0.25) is 4.99 Å². The van der Waals surface area contributed by atoms with Crippen LogP contribution in [0, 0.1) is 5.92 Å². The smallest absolute Gasteiger partial charge is 0.156 e. The van der Waals surface area contributed by atoms with E-state index in [1.165, 1.54) is 5.56 Å². The fourth-order valence-corrected chi connectivity index (χ4v) is 3.19. The molecule has 0 spiro atoms. The van der Waals surface area contributed by atoms with E-state index in [9.17, 15) is 0 Å². The first-order chi connectivity index (χ1) is 8.75. The van der Waals surface area contributed by atoms with Gasteiger partial charge in [-0.05, 0) is 24.3 Å². The number of amidine groups is 1. The zero-order chi connectivity index (χ0) is 12.8. The van der Waals surface area contributed by atoms with Crippen LogP contribution in [0.15, 0.2) is 35.3 Å². The number of rotatable bonds is 5. The van der Waals surface area contributed by atoms with Gasteiger partial charge >= 0.3 is 0 Å². The number of nitrogens with zero attached hydrogens (tertiary/aromatic N) is 1. The largest absolute Gasteiger partial charge is 0.361 e. The van der Waals surface area contributed by atoms with Crippen LogP contribution in [0.4, 0.5) is 0 Å².